The zero-order valence-electron chi connectivity index (χ0n) is 2.43. The molecule has 1 heterocycles. The van der Waals surface area contributed by atoms with Crippen LogP contribution in [0.3, 0.4) is 0 Å². The molecule has 0 unspecified atom stereocenters. The minimum absolute atomic E-state index is 1.09. The third-order valence-corrected chi connectivity index (χ3v) is 3.81. The van der Waals surface area contributed by atoms with Crippen molar-refractivity contribution in [3.8, 4) is 0 Å². The van der Waals surface area contributed by atoms with Crippen LogP contribution in [0.25, 0.3) is 0 Å². The zero-order chi connectivity index (χ0) is 3.54. The van der Waals surface area contributed by atoms with Gasteiger partial charge >= 0.3 is 0 Å². The first-order valence-electron chi connectivity index (χ1n) is 1.18. The van der Waals surface area contributed by atoms with Crippen LogP contribution in [-0.4, -0.2) is 5.88 Å². The van der Waals surface area contributed by atoms with Crippen molar-refractivity contribution in [3.63, 3.8) is 0 Å². The Balaban J connectivity index is 2.08. The van der Waals surface area contributed by atoms with E-state index in [2.05, 4.69) is 4.72 Å². The molecule has 0 aromatic rings. The minimum Gasteiger partial charge on any atom is -0.243 e. The molecule has 1 aliphatic heterocycles. The summed E-state index contributed by atoms with van der Waals surface area (Å²) < 4.78 is 3.06. The third-order valence-electron chi connectivity index (χ3n) is 0.259. The second-order valence-electron chi connectivity index (χ2n) is 0.558. The van der Waals surface area contributed by atoms with E-state index < -0.39 is 0 Å². The van der Waals surface area contributed by atoms with E-state index in [4.69, 9.17) is 0 Å². The van der Waals surface area contributed by atoms with Gasteiger partial charge in [0.2, 0.25) is 0 Å². The smallest absolute Gasteiger partial charge is 0.0636 e. The highest BCUT2D eigenvalue weighted by Crippen LogP contribution is 2.37. The summed E-state index contributed by atoms with van der Waals surface area (Å²) in [4.78, 5) is 0. The Morgan fingerprint density at radius 2 is 2.60 bits per heavy atom. The van der Waals surface area contributed by atoms with Crippen LogP contribution in [-0.2, 0) is 0 Å². The molecule has 0 aromatic heterocycles. The van der Waals surface area contributed by atoms with Gasteiger partial charge in [-0.15, -0.1) is 0 Å². The van der Waals surface area contributed by atoms with Crippen LogP contribution in [0.1, 0.15) is 0 Å². The van der Waals surface area contributed by atoms with Crippen molar-refractivity contribution in [2.24, 2.45) is 0 Å². The van der Waals surface area contributed by atoms with Gasteiger partial charge in [-0.3, -0.25) is 0 Å². The normalized spacial score (nSPS) is 24.0. The fraction of sp³-hybridized carbons (Fsp3) is 1.00. The van der Waals surface area contributed by atoms with Crippen molar-refractivity contribution in [2.45, 2.75) is 0 Å². The summed E-state index contributed by atoms with van der Waals surface area (Å²) in [6, 6.07) is 0. The van der Waals surface area contributed by atoms with Crippen molar-refractivity contribution in [3.05, 3.63) is 0 Å². The Morgan fingerprint density at radius 1 is 1.60 bits per heavy atom. The zero-order valence-corrected chi connectivity index (χ0v) is 4.88. The summed E-state index contributed by atoms with van der Waals surface area (Å²) in [5, 5.41) is 0. The highest BCUT2D eigenvalue weighted by atomic mass is 33.5. The van der Waals surface area contributed by atoms with Crippen LogP contribution in [0.2, 0.25) is 0 Å². The predicted molar refractivity (Wildman–Crippen MR) is 30.8 cm³/mol. The predicted octanol–water partition coefficient (Wildman–Crippen LogP) is 1.49. The molecule has 0 radical (unpaired) electrons. The quantitative estimate of drug-likeness (QED) is 0.388. The maximum absolute atomic E-state index is 3.06. The number of hydrogen-bond acceptors (Lipinski definition) is 4. The van der Waals surface area contributed by atoms with E-state index in [1.165, 1.54) is 0 Å². The largest absolute Gasteiger partial charge is 0.243 e. The maximum Gasteiger partial charge on any atom is 0.0636 e. The molecule has 1 N–H and O–H groups in total. The average molecular weight is 125 g/mol. The highest BCUT2D eigenvalue weighted by molar-refractivity contribution is 9.10. The van der Waals surface area contributed by atoms with E-state index in [1.54, 1.807) is 20.8 Å². The molecule has 0 aromatic carbocycles. The first kappa shape index (κ1) is 4.18. The molecule has 0 bridgehead atoms. The molecule has 4 heteroatoms. The molecular formula is CH3NS3. The lowest BCUT2D eigenvalue weighted by Gasteiger charge is -1.71. The molecule has 1 nitrogen and oxygen atoms in total. The van der Waals surface area contributed by atoms with Crippen LogP contribution in [0.5, 0.6) is 0 Å². The van der Waals surface area contributed by atoms with Gasteiger partial charge in [-0.2, -0.15) is 0 Å². The molecule has 0 amide bonds. The molecule has 1 fully saturated rings. The van der Waals surface area contributed by atoms with E-state index in [0.29, 0.717) is 0 Å². The van der Waals surface area contributed by atoms with Gasteiger partial charge in [0.05, 0.1) is 5.88 Å². The second-order valence-corrected chi connectivity index (χ2v) is 4.51. The fourth-order valence-electron chi connectivity index (χ4n) is 0.120. The lowest BCUT2D eigenvalue weighted by molar-refractivity contribution is 1.26. The van der Waals surface area contributed by atoms with Crippen molar-refractivity contribution in [1.82, 2.24) is 4.72 Å². The first-order chi connectivity index (χ1) is 2.50. The van der Waals surface area contributed by atoms with Gasteiger partial charge in [-0.1, -0.05) is 10.8 Å². The lowest BCUT2D eigenvalue weighted by Crippen LogP contribution is -1.89. The summed E-state index contributed by atoms with van der Waals surface area (Å²) in [5.41, 5.74) is 0. The van der Waals surface area contributed by atoms with Crippen molar-refractivity contribution in [2.75, 3.05) is 5.88 Å². The van der Waals surface area contributed by atoms with Crippen molar-refractivity contribution >= 4 is 31.6 Å². The van der Waals surface area contributed by atoms with Crippen LogP contribution in [0.4, 0.5) is 0 Å². The minimum atomic E-state index is 1.09. The highest BCUT2D eigenvalue weighted by Gasteiger charge is 1.96. The standard InChI is InChI=1S/CH3NS3/c1-2-4-5-3-1/h2H,1H2. The summed E-state index contributed by atoms with van der Waals surface area (Å²) >= 11 is 0. The molecule has 0 saturated carbocycles. The molecule has 30 valence electrons. The molecule has 0 atom stereocenters. The van der Waals surface area contributed by atoms with Crippen LogP contribution < -0.4 is 4.72 Å². The monoisotopic (exact) mass is 125 g/mol. The molecule has 5 heavy (non-hydrogen) atoms. The summed E-state index contributed by atoms with van der Waals surface area (Å²) in [6.07, 6.45) is 0. The molecule has 1 rings (SSSR count). The van der Waals surface area contributed by atoms with Gasteiger partial charge in [-0.05, 0) is 9.83 Å². The molecule has 0 spiro atoms. The topological polar surface area (TPSA) is 12.0 Å². The molecule has 1 saturated heterocycles. The van der Waals surface area contributed by atoms with Gasteiger partial charge in [0.25, 0.3) is 0 Å². The average Bonchev–Trinajstić information content (AvgIpc) is 1.76. The first-order valence-corrected chi connectivity index (χ1v) is 4.83. The van der Waals surface area contributed by atoms with Crippen LogP contribution in [0.15, 0.2) is 0 Å². The lowest BCUT2D eigenvalue weighted by atomic mass is 11.5. The number of nitrogens with one attached hydrogen (secondary N) is 1. The SMILES string of the molecule is C1NSSS1. The van der Waals surface area contributed by atoms with Crippen molar-refractivity contribution in [1.29, 1.82) is 0 Å². The van der Waals surface area contributed by atoms with Gasteiger partial charge in [0.15, 0.2) is 0 Å². The summed E-state index contributed by atoms with van der Waals surface area (Å²) in [5.74, 6) is 1.09. The summed E-state index contributed by atoms with van der Waals surface area (Å²) in [6.45, 7) is 0. The Bertz CT molecular complexity index is 18.5. The van der Waals surface area contributed by atoms with Gasteiger partial charge in [0, 0.05) is 11.0 Å². The van der Waals surface area contributed by atoms with Gasteiger partial charge in [0.1, 0.15) is 0 Å². The van der Waals surface area contributed by atoms with Gasteiger partial charge in [-0.25, -0.2) is 4.72 Å². The second kappa shape index (κ2) is 2.23. The van der Waals surface area contributed by atoms with Crippen LogP contribution in [0, 0.1) is 0 Å². The Labute approximate surface area is 42.6 Å². The Morgan fingerprint density at radius 3 is 2.80 bits per heavy atom. The van der Waals surface area contributed by atoms with Crippen LogP contribution >= 0.6 is 31.6 Å². The van der Waals surface area contributed by atoms with Crippen molar-refractivity contribution < 1.29 is 0 Å². The van der Waals surface area contributed by atoms with E-state index in [1.807, 2.05) is 10.8 Å². The molecule has 0 aliphatic carbocycles. The molecular weight excluding hydrogens is 122 g/mol. The fourth-order valence-corrected chi connectivity index (χ4v) is 3.25. The maximum atomic E-state index is 3.06. The Hall–Kier alpha value is 1.01. The van der Waals surface area contributed by atoms with Gasteiger partial charge < -0.3 is 0 Å². The summed E-state index contributed by atoms with van der Waals surface area (Å²) in [7, 11) is 5.34. The Kier molecular flexibility index (Phi) is 1.86. The van der Waals surface area contributed by atoms with E-state index >= 15 is 0 Å². The molecule has 1 aliphatic rings. The number of rotatable bonds is 0. The number of hydrogen-bond donors (Lipinski definition) is 1. The van der Waals surface area contributed by atoms with E-state index in [9.17, 15) is 0 Å². The third kappa shape index (κ3) is 1.26. The van der Waals surface area contributed by atoms with E-state index in [-0.39, 0.29) is 0 Å². The van der Waals surface area contributed by atoms with E-state index in [0.717, 1.165) is 5.88 Å².